The molecule has 8 atom stereocenters. The van der Waals surface area contributed by atoms with E-state index in [1.54, 1.807) is 0 Å². The molecule has 1 saturated heterocycles. The van der Waals surface area contributed by atoms with Gasteiger partial charge in [-0.15, -0.1) is 0 Å². The van der Waals surface area contributed by atoms with Gasteiger partial charge in [-0.05, 0) is 37.5 Å². The molecule has 1 heterocycles. The number of allylic oxidation sites excluding steroid dienone is 4. The normalized spacial score (nSPS) is 53.2. The van der Waals surface area contributed by atoms with Crippen LogP contribution in [-0.2, 0) is 14.3 Å². The Hall–Kier alpha value is -1.89. The van der Waals surface area contributed by atoms with E-state index >= 15 is 0 Å². The molecule has 2 unspecified atom stereocenters. The molecule has 146 valence electrons. The molecule has 0 aromatic carbocycles. The Labute approximate surface area is 166 Å². The van der Waals surface area contributed by atoms with Crippen LogP contribution in [0.1, 0.15) is 58.8 Å². The zero-order valence-electron chi connectivity index (χ0n) is 16.7. The Morgan fingerprint density at radius 2 is 2.04 bits per heavy atom. The number of carbonyl (C=O) groups excluding carboxylic acids is 2. The summed E-state index contributed by atoms with van der Waals surface area (Å²) in [6.45, 7) is 4.63. The van der Waals surface area contributed by atoms with Gasteiger partial charge in [0.2, 0.25) is 0 Å². The molecular formula is C24H27NO3. The fourth-order valence-electron chi connectivity index (χ4n) is 8.27. The Balaban J connectivity index is 1.50. The lowest BCUT2D eigenvalue weighted by atomic mass is 9.48. The van der Waals surface area contributed by atoms with Gasteiger partial charge in [0.15, 0.2) is 0 Å². The van der Waals surface area contributed by atoms with Gasteiger partial charge in [-0.25, -0.2) is 0 Å². The molecule has 0 radical (unpaired) electrons. The van der Waals surface area contributed by atoms with E-state index in [2.05, 4.69) is 32.1 Å². The predicted molar refractivity (Wildman–Crippen MR) is 102 cm³/mol. The molecule has 6 rings (SSSR count). The highest BCUT2D eigenvalue weighted by molar-refractivity contribution is 5.83. The first kappa shape index (κ1) is 17.0. The second-order valence-electron chi connectivity index (χ2n) is 10.6. The summed E-state index contributed by atoms with van der Waals surface area (Å²) in [6.07, 6.45) is 10.0. The summed E-state index contributed by atoms with van der Waals surface area (Å²) in [4.78, 5) is 24.2. The van der Waals surface area contributed by atoms with Gasteiger partial charge in [0, 0.05) is 41.9 Å². The van der Waals surface area contributed by atoms with Crippen LogP contribution in [0.25, 0.3) is 0 Å². The Morgan fingerprint density at radius 3 is 2.75 bits per heavy atom. The van der Waals surface area contributed by atoms with E-state index in [1.165, 1.54) is 11.1 Å². The van der Waals surface area contributed by atoms with Gasteiger partial charge in [0.05, 0.1) is 12.0 Å². The molecule has 6 aliphatic rings. The number of ketones is 1. The molecule has 0 aromatic rings. The summed E-state index contributed by atoms with van der Waals surface area (Å²) < 4.78 is 6.12. The number of ether oxygens (including phenoxy) is 1. The number of esters is 1. The first-order valence-corrected chi connectivity index (χ1v) is 10.9. The van der Waals surface area contributed by atoms with E-state index in [9.17, 15) is 14.9 Å². The summed E-state index contributed by atoms with van der Waals surface area (Å²) in [7, 11) is 0. The molecule has 0 aromatic heterocycles. The lowest BCUT2D eigenvalue weighted by molar-refractivity contribution is -0.166. The molecule has 0 N–H and O–H groups in total. The maximum absolute atomic E-state index is 12.1. The van der Waals surface area contributed by atoms with Crippen molar-refractivity contribution in [2.24, 2.45) is 40.4 Å². The van der Waals surface area contributed by atoms with E-state index in [1.807, 2.05) is 0 Å². The summed E-state index contributed by atoms with van der Waals surface area (Å²) in [5, 5.41) is 10.1. The fourth-order valence-corrected chi connectivity index (χ4v) is 8.27. The van der Waals surface area contributed by atoms with Crippen molar-refractivity contribution in [1.82, 2.24) is 0 Å². The van der Waals surface area contributed by atoms with Crippen LogP contribution in [0.15, 0.2) is 23.3 Å². The molecule has 4 nitrogen and oxygen atoms in total. The Morgan fingerprint density at radius 1 is 1.21 bits per heavy atom. The van der Waals surface area contributed by atoms with Crippen LogP contribution >= 0.6 is 0 Å². The molecule has 28 heavy (non-hydrogen) atoms. The highest BCUT2D eigenvalue weighted by Crippen LogP contribution is 2.78. The van der Waals surface area contributed by atoms with E-state index in [4.69, 9.17) is 4.74 Å². The van der Waals surface area contributed by atoms with E-state index < -0.39 is 0 Å². The van der Waals surface area contributed by atoms with Crippen LogP contribution in [0.3, 0.4) is 0 Å². The monoisotopic (exact) mass is 377 g/mol. The molecule has 4 heteroatoms. The molecular weight excluding hydrogens is 350 g/mol. The number of hydrogen-bond donors (Lipinski definition) is 0. The maximum Gasteiger partial charge on any atom is 0.306 e. The number of fused-ring (bicyclic) bond motifs is 9. The van der Waals surface area contributed by atoms with Crippen molar-refractivity contribution in [3.63, 3.8) is 0 Å². The predicted octanol–water partition coefficient (Wildman–Crippen LogP) is 4.12. The van der Waals surface area contributed by atoms with Crippen LogP contribution in [0, 0.1) is 51.8 Å². The molecule has 4 fully saturated rings. The van der Waals surface area contributed by atoms with Crippen LogP contribution < -0.4 is 0 Å². The van der Waals surface area contributed by atoms with Gasteiger partial charge < -0.3 is 4.74 Å². The third-order valence-corrected chi connectivity index (χ3v) is 9.64. The van der Waals surface area contributed by atoms with Crippen LogP contribution in [0.5, 0.6) is 0 Å². The fraction of sp³-hybridized carbons (Fsp3) is 0.708. The molecule has 5 aliphatic carbocycles. The number of Topliss-reactive ketones (excluding diaryl/α,β-unsaturated/α-hetero) is 1. The van der Waals surface area contributed by atoms with Crippen LogP contribution in [0.2, 0.25) is 0 Å². The average molecular weight is 377 g/mol. The Kier molecular flexibility index (Phi) is 3.03. The molecule has 0 bridgehead atoms. The van der Waals surface area contributed by atoms with Crippen LogP contribution in [0.4, 0.5) is 0 Å². The molecule has 0 amide bonds. The minimum atomic E-state index is -0.311. The van der Waals surface area contributed by atoms with E-state index in [-0.39, 0.29) is 34.2 Å². The topological polar surface area (TPSA) is 67.2 Å². The van der Waals surface area contributed by atoms with Crippen molar-refractivity contribution in [3.8, 4) is 6.07 Å². The molecule has 3 saturated carbocycles. The first-order chi connectivity index (χ1) is 13.3. The second kappa shape index (κ2) is 4.99. The molecule has 1 spiro atoms. The van der Waals surface area contributed by atoms with Gasteiger partial charge in [-0.2, -0.15) is 5.26 Å². The summed E-state index contributed by atoms with van der Waals surface area (Å²) >= 11 is 0. The average Bonchev–Trinajstić information content (AvgIpc) is 3.30. The third kappa shape index (κ3) is 1.74. The van der Waals surface area contributed by atoms with Crippen molar-refractivity contribution in [3.05, 3.63) is 23.3 Å². The SMILES string of the molecule is C[C@]12CCC(=O)CC1=C[C@@H](C#N)C1C2=CC[C@@]2(C)C1[C@@H]1C[C@@H]1[C@@]21CCC(=O)O1. The number of rotatable bonds is 0. The van der Waals surface area contributed by atoms with Crippen molar-refractivity contribution in [1.29, 1.82) is 5.26 Å². The largest absolute Gasteiger partial charge is 0.458 e. The van der Waals surface area contributed by atoms with Gasteiger partial charge in [-0.1, -0.05) is 37.1 Å². The van der Waals surface area contributed by atoms with E-state index in [0.717, 1.165) is 25.7 Å². The van der Waals surface area contributed by atoms with Crippen LogP contribution in [-0.4, -0.2) is 17.4 Å². The summed E-state index contributed by atoms with van der Waals surface area (Å²) in [5.74, 6) is 1.76. The number of hydrogen-bond acceptors (Lipinski definition) is 4. The number of nitriles is 1. The maximum atomic E-state index is 12.1. The van der Waals surface area contributed by atoms with E-state index in [0.29, 0.717) is 42.8 Å². The zero-order valence-corrected chi connectivity index (χ0v) is 16.7. The minimum absolute atomic E-state index is 0.0392. The number of carbonyl (C=O) groups is 2. The highest BCUT2D eigenvalue weighted by atomic mass is 16.6. The van der Waals surface area contributed by atoms with Gasteiger partial charge in [0.1, 0.15) is 11.4 Å². The Bertz CT molecular complexity index is 925. The van der Waals surface area contributed by atoms with Crippen molar-refractivity contribution in [2.75, 3.05) is 0 Å². The quantitative estimate of drug-likeness (QED) is 0.470. The molecule has 1 aliphatic heterocycles. The number of nitrogens with zero attached hydrogens (tertiary/aromatic N) is 1. The van der Waals surface area contributed by atoms with Crippen molar-refractivity contribution >= 4 is 11.8 Å². The van der Waals surface area contributed by atoms with Crippen molar-refractivity contribution < 1.29 is 14.3 Å². The smallest absolute Gasteiger partial charge is 0.306 e. The lowest BCUT2D eigenvalue weighted by Gasteiger charge is -2.56. The highest BCUT2D eigenvalue weighted by Gasteiger charge is 2.78. The standard InChI is InChI=1S/C24H27NO3/c1-22-6-3-15(26)10-14(22)9-13(12-25)20-17(22)4-7-23(2)21(20)16-11-18(16)24(23)8-5-19(27)28-24/h4,9,13,16,18,20-21H,3,5-8,10-11H2,1-2H3/t13-,16+,18-,20?,21?,22-,23-,24-/m0/s1. The summed E-state index contributed by atoms with van der Waals surface area (Å²) in [5.41, 5.74) is 2.14. The summed E-state index contributed by atoms with van der Waals surface area (Å²) in [6, 6.07) is 2.59. The third-order valence-electron chi connectivity index (χ3n) is 9.64. The van der Waals surface area contributed by atoms with Gasteiger partial charge >= 0.3 is 5.97 Å². The minimum Gasteiger partial charge on any atom is -0.458 e. The first-order valence-electron chi connectivity index (χ1n) is 10.9. The van der Waals surface area contributed by atoms with Gasteiger partial charge in [-0.3, -0.25) is 9.59 Å². The second-order valence-corrected chi connectivity index (χ2v) is 10.6. The van der Waals surface area contributed by atoms with Crippen molar-refractivity contribution in [2.45, 2.75) is 64.4 Å². The lowest BCUT2D eigenvalue weighted by Crippen LogP contribution is -2.54. The zero-order chi connectivity index (χ0) is 19.5. The van der Waals surface area contributed by atoms with Gasteiger partial charge in [0.25, 0.3) is 0 Å².